The van der Waals surface area contributed by atoms with E-state index < -0.39 is 97.5 Å². The molecule has 0 aliphatic rings. The molecule has 0 aliphatic carbocycles. The quantitative estimate of drug-likeness (QED) is 0.0222. The molecule has 0 aliphatic heterocycles. The second kappa shape index (κ2) is 71.7. The van der Waals surface area contributed by atoms with Crippen LogP contribution in [0.3, 0.4) is 0 Å². The molecule has 3 N–H and O–H groups in total. The van der Waals surface area contributed by atoms with Crippen LogP contribution in [0.15, 0.2) is 0 Å². The first-order valence-corrected chi connectivity index (χ1v) is 44.5. The summed E-state index contributed by atoms with van der Waals surface area (Å²) in [6.07, 6.45) is 61.1. The van der Waals surface area contributed by atoms with Crippen molar-refractivity contribution in [2.24, 2.45) is 11.8 Å². The Morgan fingerprint density at radius 3 is 0.687 bits per heavy atom. The van der Waals surface area contributed by atoms with Gasteiger partial charge in [0, 0.05) is 25.7 Å². The summed E-state index contributed by atoms with van der Waals surface area (Å²) >= 11 is 0. The van der Waals surface area contributed by atoms with Crippen molar-refractivity contribution in [2.45, 2.75) is 439 Å². The van der Waals surface area contributed by atoms with Crippen molar-refractivity contribution in [2.75, 3.05) is 39.6 Å². The van der Waals surface area contributed by atoms with Gasteiger partial charge in [0.25, 0.3) is 0 Å². The Balaban J connectivity index is 5.20. The fraction of sp³-hybridized carbons (Fsp3) is 0.950. The third-order valence-corrected chi connectivity index (χ3v) is 20.6. The Hall–Kier alpha value is -1.94. The van der Waals surface area contributed by atoms with Crippen LogP contribution >= 0.6 is 15.6 Å². The van der Waals surface area contributed by atoms with Crippen molar-refractivity contribution in [3.05, 3.63) is 0 Å². The van der Waals surface area contributed by atoms with Gasteiger partial charge >= 0.3 is 39.5 Å². The number of ether oxygens (including phenoxy) is 4. The van der Waals surface area contributed by atoms with Crippen LogP contribution in [-0.2, 0) is 65.4 Å². The van der Waals surface area contributed by atoms with Gasteiger partial charge in [-0.05, 0) is 37.5 Å². The second-order valence-electron chi connectivity index (χ2n) is 29.8. The number of rotatable bonds is 79. The van der Waals surface area contributed by atoms with Crippen LogP contribution in [0.4, 0.5) is 0 Å². The van der Waals surface area contributed by atoms with Crippen molar-refractivity contribution in [3.63, 3.8) is 0 Å². The third-order valence-electron chi connectivity index (χ3n) is 18.7. The first-order valence-electron chi connectivity index (χ1n) is 41.5. The zero-order chi connectivity index (χ0) is 72.8. The summed E-state index contributed by atoms with van der Waals surface area (Å²) in [6, 6.07) is 0. The number of phosphoric acid groups is 2. The van der Waals surface area contributed by atoms with Gasteiger partial charge in [-0.2, -0.15) is 0 Å². The molecule has 2 unspecified atom stereocenters. The van der Waals surface area contributed by atoms with E-state index in [1.54, 1.807) is 0 Å². The van der Waals surface area contributed by atoms with Gasteiger partial charge in [-0.1, -0.05) is 369 Å². The minimum Gasteiger partial charge on any atom is -0.462 e. The van der Waals surface area contributed by atoms with Crippen LogP contribution in [0.5, 0.6) is 0 Å². The number of hydrogen-bond donors (Lipinski definition) is 3. The average Bonchev–Trinajstić information content (AvgIpc) is 0.981. The highest BCUT2D eigenvalue weighted by Crippen LogP contribution is 2.45. The van der Waals surface area contributed by atoms with E-state index in [9.17, 15) is 43.2 Å². The van der Waals surface area contributed by atoms with Crippen LogP contribution in [0, 0.1) is 11.8 Å². The fourth-order valence-electron chi connectivity index (χ4n) is 12.4. The molecule has 0 rings (SSSR count). The van der Waals surface area contributed by atoms with Gasteiger partial charge in [0.2, 0.25) is 0 Å². The molecule has 0 bridgehead atoms. The predicted octanol–water partition coefficient (Wildman–Crippen LogP) is 23.9. The lowest BCUT2D eigenvalue weighted by Gasteiger charge is -2.21. The molecular formula is C80H156O17P2. The van der Waals surface area contributed by atoms with E-state index in [1.807, 2.05) is 0 Å². The molecule has 0 saturated heterocycles. The van der Waals surface area contributed by atoms with Crippen molar-refractivity contribution in [3.8, 4) is 0 Å². The Labute approximate surface area is 607 Å². The van der Waals surface area contributed by atoms with Crippen LogP contribution in [0.2, 0.25) is 0 Å². The molecule has 17 nitrogen and oxygen atoms in total. The zero-order valence-corrected chi connectivity index (χ0v) is 66.6. The Bertz CT molecular complexity index is 1910. The molecule has 0 radical (unpaired) electrons. The van der Waals surface area contributed by atoms with E-state index >= 15 is 0 Å². The number of phosphoric ester groups is 2. The molecule has 588 valence electrons. The minimum absolute atomic E-state index is 0.106. The highest BCUT2D eigenvalue weighted by molar-refractivity contribution is 7.47. The lowest BCUT2D eigenvalue weighted by molar-refractivity contribution is -0.161. The first-order chi connectivity index (χ1) is 47.9. The normalized spacial score (nSPS) is 13.9. The molecule has 0 aromatic heterocycles. The lowest BCUT2D eigenvalue weighted by Crippen LogP contribution is -2.30. The average molecular weight is 1450 g/mol. The van der Waals surface area contributed by atoms with Crippen molar-refractivity contribution in [1.29, 1.82) is 0 Å². The second-order valence-corrected chi connectivity index (χ2v) is 32.7. The monoisotopic (exact) mass is 1450 g/mol. The summed E-state index contributed by atoms with van der Waals surface area (Å²) < 4.78 is 68.6. The summed E-state index contributed by atoms with van der Waals surface area (Å²) in [6.45, 7) is 9.63. The number of aliphatic hydroxyl groups is 1. The van der Waals surface area contributed by atoms with Crippen LogP contribution < -0.4 is 0 Å². The number of carbonyl (C=O) groups is 4. The first kappa shape index (κ1) is 97.1. The minimum atomic E-state index is -4.96. The third kappa shape index (κ3) is 74.1. The number of aliphatic hydroxyl groups excluding tert-OH is 1. The van der Waals surface area contributed by atoms with Crippen molar-refractivity contribution in [1.82, 2.24) is 0 Å². The summed E-state index contributed by atoms with van der Waals surface area (Å²) in [5.41, 5.74) is 0. The molecule has 0 fully saturated rings. The highest BCUT2D eigenvalue weighted by Gasteiger charge is 2.30. The number of carbonyl (C=O) groups excluding carboxylic acids is 4. The fourth-order valence-corrected chi connectivity index (χ4v) is 13.9. The maximum absolute atomic E-state index is 13.1. The Kier molecular flexibility index (Phi) is 70.3. The van der Waals surface area contributed by atoms with E-state index in [0.29, 0.717) is 25.7 Å². The van der Waals surface area contributed by atoms with Gasteiger partial charge in [-0.25, -0.2) is 9.13 Å². The SMILES string of the molecule is CCCCCCCCCCCCCCCCCCCCC(=O)OC[C@H](COP(=O)(O)OC[C@@H](O)COP(=O)(O)OC[C@@H](COC(=O)CCCCCCCCCC)OC(=O)CCCCCCCCCCCCCC(C)C)OC(=O)CCCCCCCCCCCCCCCCCCC(C)C. The van der Waals surface area contributed by atoms with Crippen LogP contribution in [-0.4, -0.2) is 96.7 Å². The summed E-state index contributed by atoms with van der Waals surface area (Å²) in [5.74, 6) is -0.537. The van der Waals surface area contributed by atoms with Gasteiger partial charge in [0.05, 0.1) is 26.4 Å². The maximum atomic E-state index is 13.1. The van der Waals surface area contributed by atoms with Gasteiger partial charge in [0.15, 0.2) is 12.2 Å². The van der Waals surface area contributed by atoms with E-state index in [4.69, 9.17) is 37.0 Å². The molecule has 0 saturated carbocycles. The van der Waals surface area contributed by atoms with E-state index in [0.717, 1.165) is 108 Å². The van der Waals surface area contributed by atoms with Gasteiger partial charge < -0.3 is 33.8 Å². The standard InChI is InChI=1S/C80H156O17P2/c1-7-9-11-13-15-17-18-19-20-21-22-26-29-34-39-45-51-57-63-78(83)91-69-76(97-79(84)64-58-52-46-40-35-30-27-24-23-25-28-32-37-42-48-54-60-72(3)4)71-95-99(88,89)93-67-74(81)66-92-98(86,87)94-70-75(68-90-77(82)62-56-50-44-16-14-12-10-8-2)96-80(85)65-59-53-47-41-36-31-33-38-43-49-55-61-73(5)6/h72-76,81H,7-71H2,1-6H3,(H,86,87)(H,88,89)/t74-,75+,76+/m0/s1. The highest BCUT2D eigenvalue weighted by atomic mass is 31.2. The Morgan fingerprint density at radius 1 is 0.273 bits per heavy atom. The molecule has 0 aromatic carbocycles. The van der Waals surface area contributed by atoms with Crippen LogP contribution in [0.1, 0.15) is 420 Å². The number of esters is 4. The Morgan fingerprint density at radius 2 is 0.465 bits per heavy atom. The molecule has 0 spiro atoms. The van der Waals surface area contributed by atoms with Gasteiger partial charge in [-0.3, -0.25) is 37.3 Å². The van der Waals surface area contributed by atoms with Crippen LogP contribution in [0.25, 0.3) is 0 Å². The molecular weight excluding hydrogens is 1290 g/mol. The molecule has 5 atom stereocenters. The van der Waals surface area contributed by atoms with Gasteiger partial charge in [-0.15, -0.1) is 0 Å². The van der Waals surface area contributed by atoms with E-state index in [1.165, 1.54) is 231 Å². The maximum Gasteiger partial charge on any atom is 0.472 e. The largest absolute Gasteiger partial charge is 0.472 e. The van der Waals surface area contributed by atoms with E-state index in [-0.39, 0.29) is 25.7 Å². The molecule has 99 heavy (non-hydrogen) atoms. The number of hydrogen-bond acceptors (Lipinski definition) is 15. The summed E-state index contributed by atoms with van der Waals surface area (Å²) in [5, 5.41) is 10.6. The van der Waals surface area contributed by atoms with Crippen molar-refractivity contribution >= 4 is 39.5 Å². The smallest absolute Gasteiger partial charge is 0.462 e. The molecule has 19 heteroatoms. The van der Waals surface area contributed by atoms with E-state index in [2.05, 4.69) is 41.5 Å². The predicted molar refractivity (Wildman–Crippen MR) is 405 cm³/mol. The molecule has 0 heterocycles. The number of unbranched alkanes of at least 4 members (excludes halogenated alkanes) is 49. The van der Waals surface area contributed by atoms with Crippen molar-refractivity contribution < 1.29 is 80.2 Å². The summed E-state index contributed by atoms with van der Waals surface area (Å²) in [4.78, 5) is 72.9. The zero-order valence-electron chi connectivity index (χ0n) is 64.8. The molecule has 0 amide bonds. The lowest BCUT2D eigenvalue weighted by atomic mass is 10.0. The summed E-state index contributed by atoms with van der Waals surface area (Å²) in [7, 11) is -9.91. The molecule has 0 aromatic rings. The van der Waals surface area contributed by atoms with Gasteiger partial charge in [0.1, 0.15) is 19.3 Å². The topological polar surface area (TPSA) is 237 Å².